The van der Waals surface area contributed by atoms with E-state index in [-0.39, 0.29) is 12.5 Å². The smallest absolute Gasteiger partial charge is 0.217 e. The van der Waals surface area contributed by atoms with Crippen LogP contribution in [0.2, 0.25) is 0 Å². The van der Waals surface area contributed by atoms with Crippen molar-refractivity contribution in [1.82, 2.24) is 5.32 Å². The van der Waals surface area contributed by atoms with Crippen LogP contribution in [0.4, 0.5) is 0 Å². The SMILES string of the molecule is CCCCCCCCCCCC(O)C(CO)NC(C)=O. The third-order valence-electron chi connectivity index (χ3n) is 3.65. The van der Waals surface area contributed by atoms with Gasteiger partial charge in [0.25, 0.3) is 0 Å². The minimum atomic E-state index is -0.645. The minimum Gasteiger partial charge on any atom is -0.394 e. The first kappa shape index (κ1) is 19.4. The highest BCUT2D eigenvalue weighted by Crippen LogP contribution is 2.12. The summed E-state index contributed by atoms with van der Waals surface area (Å²) in [6.07, 6.45) is 11.2. The summed E-state index contributed by atoms with van der Waals surface area (Å²) in [6.45, 7) is 3.41. The van der Waals surface area contributed by atoms with Crippen LogP contribution in [-0.2, 0) is 4.79 Å². The maximum atomic E-state index is 10.9. The Balaban J connectivity index is 3.46. The van der Waals surface area contributed by atoms with Crippen molar-refractivity contribution in [2.45, 2.75) is 90.2 Å². The molecule has 0 saturated heterocycles. The predicted molar refractivity (Wildman–Crippen MR) is 82.5 cm³/mol. The molecule has 0 aromatic heterocycles. The van der Waals surface area contributed by atoms with E-state index >= 15 is 0 Å². The summed E-state index contributed by atoms with van der Waals surface area (Å²) in [6, 6.07) is -0.526. The summed E-state index contributed by atoms with van der Waals surface area (Å²) >= 11 is 0. The number of amides is 1. The molecule has 0 aliphatic heterocycles. The third-order valence-corrected chi connectivity index (χ3v) is 3.65. The van der Waals surface area contributed by atoms with Gasteiger partial charge in [-0.15, -0.1) is 0 Å². The summed E-state index contributed by atoms with van der Waals surface area (Å²) in [5, 5.41) is 21.6. The van der Waals surface area contributed by atoms with E-state index in [0.29, 0.717) is 6.42 Å². The van der Waals surface area contributed by atoms with Gasteiger partial charge in [0, 0.05) is 6.92 Å². The molecule has 3 N–H and O–H groups in total. The van der Waals surface area contributed by atoms with Crippen molar-refractivity contribution in [2.24, 2.45) is 0 Å². The number of aliphatic hydroxyl groups is 2. The average Bonchev–Trinajstić information content (AvgIpc) is 2.42. The Morgan fingerprint density at radius 2 is 1.50 bits per heavy atom. The number of rotatable bonds is 13. The van der Waals surface area contributed by atoms with Crippen molar-refractivity contribution >= 4 is 5.91 Å². The molecule has 0 spiro atoms. The first-order valence-electron chi connectivity index (χ1n) is 8.17. The van der Waals surface area contributed by atoms with Gasteiger partial charge in [0.1, 0.15) is 0 Å². The summed E-state index contributed by atoms with van der Waals surface area (Å²) < 4.78 is 0. The molecule has 1 amide bonds. The molecule has 0 heterocycles. The molecule has 2 atom stereocenters. The van der Waals surface area contributed by atoms with E-state index in [4.69, 9.17) is 5.11 Å². The van der Waals surface area contributed by atoms with Gasteiger partial charge in [-0.1, -0.05) is 64.7 Å². The molecule has 0 aliphatic carbocycles. The van der Waals surface area contributed by atoms with E-state index in [1.165, 1.54) is 51.9 Å². The van der Waals surface area contributed by atoms with Gasteiger partial charge in [-0.2, -0.15) is 0 Å². The lowest BCUT2D eigenvalue weighted by Crippen LogP contribution is -2.44. The van der Waals surface area contributed by atoms with E-state index < -0.39 is 12.1 Å². The van der Waals surface area contributed by atoms with E-state index in [0.717, 1.165) is 12.8 Å². The van der Waals surface area contributed by atoms with Crippen molar-refractivity contribution in [3.8, 4) is 0 Å². The van der Waals surface area contributed by atoms with Gasteiger partial charge in [-0.3, -0.25) is 4.79 Å². The number of nitrogens with one attached hydrogen (secondary N) is 1. The van der Waals surface area contributed by atoms with Crippen molar-refractivity contribution < 1.29 is 15.0 Å². The van der Waals surface area contributed by atoms with E-state index in [1.807, 2.05) is 0 Å². The van der Waals surface area contributed by atoms with Crippen LogP contribution in [0.3, 0.4) is 0 Å². The van der Waals surface area contributed by atoms with E-state index in [9.17, 15) is 9.90 Å². The minimum absolute atomic E-state index is 0.210. The molecule has 120 valence electrons. The average molecular weight is 287 g/mol. The summed E-state index contributed by atoms with van der Waals surface area (Å²) in [7, 11) is 0. The Hall–Kier alpha value is -0.610. The van der Waals surface area contributed by atoms with Crippen LogP contribution < -0.4 is 5.32 Å². The second-order valence-electron chi connectivity index (χ2n) is 5.67. The van der Waals surface area contributed by atoms with Crippen LogP contribution in [0.25, 0.3) is 0 Å². The molecular formula is C16H33NO3. The third kappa shape index (κ3) is 11.2. The molecule has 4 heteroatoms. The molecule has 0 radical (unpaired) electrons. The van der Waals surface area contributed by atoms with Gasteiger partial charge < -0.3 is 15.5 Å². The topological polar surface area (TPSA) is 69.6 Å². The lowest BCUT2D eigenvalue weighted by Gasteiger charge is -2.21. The highest BCUT2D eigenvalue weighted by atomic mass is 16.3. The van der Waals surface area contributed by atoms with Crippen LogP contribution >= 0.6 is 0 Å². The van der Waals surface area contributed by atoms with Gasteiger partial charge in [0.2, 0.25) is 5.91 Å². The quantitative estimate of drug-likeness (QED) is 0.456. The Kier molecular flexibility index (Phi) is 13.0. The molecule has 0 aromatic rings. The fraction of sp³-hybridized carbons (Fsp3) is 0.938. The molecule has 0 rings (SSSR count). The van der Waals surface area contributed by atoms with Crippen molar-refractivity contribution in [3.63, 3.8) is 0 Å². The molecule has 2 unspecified atom stereocenters. The van der Waals surface area contributed by atoms with Gasteiger partial charge in [0.05, 0.1) is 18.8 Å². The molecule has 0 fully saturated rings. The maximum absolute atomic E-state index is 10.9. The van der Waals surface area contributed by atoms with Crippen LogP contribution in [0, 0.1) is 0 Å². The molecule has 0 bridgehead atoms. The Morgan fingerprint density at radius 3 is 1.95 bits per heavy atom. The summed E-state index contributed by atoms with van der Waals surface area (Å²) in [5.74, 6) is -0.213. The molecule has 4 nitrogen and oxygen atoms in total. The number of aliphatic hydroxyl groups excluding tert-OH is 2. The van der Waals surface area contributed by atoms with Crippen molar-refractivity contribution in [1.29, 1.82) is 0 Å². The van der Waals surface area contributed by atoms with Crippen LogP contribution in [0.15, 0.2) is 0 Å². The molecule has 0 aliphatic rings. The Bertz CT molecular complexity index is 234. The largest absolute Gasteiger partial charge is 0.394 e. The zero-order valence-corrected chi connectivity index (χ0v) is 13.2. The first-order valence-corrected chi connectivity index (χ1v) is 8.17. The molecule has 20 heavy (non-hydrogen) atoms. The Morgan fingerprint density at radius 1 is 1.00 bits per heavy atom. The zero-order valence-electron chi connectivity index (χ0n) is 13.2. The number of unbranched alkanes of at least 4 members (excludes halogenated alkanes) is 8. The number of hydrogen-bond donors (Lipinski definition) is 3. The Labute approximate surface area is 124 Å². The monoisotopic (exact) mass is 287 g/mol. The second-order valence-corrected chi connectivity index (χ2v) is 5.67. The van der Waals surface area contributed by atoms with Crippen LogP contribution in [0.1, 0.15) is 78.1 Å². The number of carbonyl (C=O) groups is 1. The summed E-state index contributed by atoms with van der Waals surface area (Å²) in [5.41, 5.74) is 0. The molecule has 0 saturated carbocycles. The highest BCUT2D eigenvalue weighted by Gasteiger charge is 2.18. The molecular weight excluding hydrogens is 254 g/mol. The summed E-state index contributed by atoms with van der Waals surface area (Å²) in [4.78, 5) is 10.9. The van der Waals surface area contributed by atoms with E-state index in [2.05, 4.69) is 12.2 Å². The lowest BCUT2D eigenvalue weighted by molar-refractivity contribution is -0.121. The number of carbonyl (C=O) groups excluding carboxylic acids is 1. The van der Waals surface area contributed by atoms with Gasteiger partial charge in [-0.25, -0.2) is 0 Å². The van der Waals surface area contributed by atoms with Gasteiger partial charge >= 0.3 is 0 Å². The predicted octanol–water partition coefficient (Wildman–Crippen LogP) is 2.77. The standard InChI is InChI=1S/C16H33NO3/c1-3-4-5-6-7-8-9-10-11-12-16(20)15(13-18)17-14(2)19/h15-16,18,20H,3-13H2,1-2H3,(H,17,19). The number of hydrogen-bond acceptors (Lipinski definition) is 3. The van der Waals surface area contributed by atoms with Crippen LogP contribution in [-0.4, -0.2) is 34.9 Å². The van der Waals surface area contributed by atoms with E-state index in [1.54, 1.807) is 0 Å². The maximum Gasteiger partial charge on any atom is 0.217 e. The van der Waals surface area contributed by atoms with Crippen molar-refractivity contribution in [2.75, 3.05) is 6.61 Å². The van der Waals surface area contributed by atoms with Crippen LogP contribution in [0.5, 0.6) is 0 Å². The normalized spacial score (nSPS) is 14.0. The highest BCUT2D eigenvalue weighted by molar-refractivity contribution is 5.73. The van der Waals surface area contributed by atoms with Gasteiger partial charge in [-0.05, 0) is 6.42 Å². The van der Waals surface area contributed by atoms with Crippen molar-refractivity contribution in [3.05, 3.63) is 0 Å². The lowest BCUT2D eigenvalue weighted by atomic mass is 10.0. The van der Waals surface area contributed by atoms with Gasteiger partial charge in [0.15, 0.2) is 0 Å². The second kappa shape index (κ2) is 13.4. The fourth-order valence-corrected chi connectivity index (χ4v) is 2.39. The fourth-order valence-electron chi connectivity index (χ4n) is 2.39. The first-order chi connectivity index (χ1) is 9.61. The molecule has 0 aromatic carbocycles. The zero-order chi connectivity index (χ0) is 15.2.